The average Bonchev–Trinajstić information content (AvgIpc) is 1.84. The molecule has 0 spiro atoms. The number of hydrogen-bond donors (Lipinski definition) is 1. The highest BCUT2D eigenvalue weighted by molar-refractivity contribution is 4.96. The molecule has 0 aliphatic heterocycles. The molecule has 0 saturated carbocycles. The lowest BCUT2D eigenvalue weighted by molar-refractivity contribution is -0.177. The molecule has 1 atom stereocenters. The molecular weight excluding hydrogens is 173 g/mol. The van der Waals surface area contributed by atoms with E-state index in [0.29, 0.717) is 5.57 Å². The molecule has 0 radical (unpaired) electrons. The SMILES string of the molecule is C=C(C)C(O)COCC(F)(F)F. The Kier molecular flexibility index (Phi) is 4.26. The minimum absolute atomic E-state index is 0.366. The molecular formula is C7H11F3O2. The zero-order valence-corrected chi connectivity index (χ0v) is 6.69. The monoisotopic (exact) mass is 184 g/mol. The van der Waals surface area contributed by atoms with E-state index >= 15 is 0 Å². The highest BCUT2D eigenvalue weighted by Gasteiger charge is 2.27. The lowest BCUT2D eigenvalue weighted by Gasteiger charge is -2.11. The quantitative estimate of drug-likeness (QED) is 0.671. The summed E-state index contributed by atoms with van der Waals surface area (Å²) in [6, 6.07) is 0. The molecule has 0 aliphatic carbocycles. The third kappa shape index (κ3) is 6.18. The lowest BCUT2D eigenvalue weighted by Crippen LogP contribution is -2.23. The Morgan fingerprint density at radius 3 is 2.42 bits per heavy atom. The zero-order valence-electron chi connectivity index (χ0n) is 6.69. The Balaban J connectivity index is 3.51. The number of alkyl halides is 3. The molecule has 0 heterocycles. The average molecular weight is 184 g/mol. The van der Waals surface area contributed by atoms with Gasteiger partial charge in [0.1, 0.15) is 6.61 Å². The molecule has 5 heteroatoms. The van der Waals surface area contributed by atoms with Crippen LogP contribution >= 0.6 is 0 Å². The Morgan fingerprint density at radius 2 is 2.08 bits per heavy atom. The molecule has 0 aromatic carbocycles. The van der Waals surface area contributed by atoms with E-state index in [1.54, 1.807) is 0 Å². The van der Waals surface area contributed by atoms with Crippen molar-refractivity contribution in [3.63, 3.8) is 0 Å². The van der Waals surface area contributed by atoms with Gasteiger partial charge in [-0.15, -0.1) is 0 Å². The van der Waals surface area contributed by atoms with Crippen molar-refractivity contribution in [2.24, 2.45) is 0 Å². The normalized spacial score (nSPS) is 14.4. The van der Waals surface area contributed by atoms with Crippen LogP contribution in [0.3, 0.4) is 0 Å². The molecule has 0 saturated heterocycles. The maximum atomic E-state index is 11.5. The van der Waals surface area contributed by atoms with Crippen LogP contribution in [-0.2, 0) is 4.74 Å². The van der Waals surface area contributed by atoms with Crippen molar-refractivity contribution in [2.75, 3.05) is 13.2 Å². The van der Waals surface area contributed by atoms with Gasteiger partial charge < -0.3 is 9.84 Å². The zero-order chi connectivity index (χ0) is 9.78. The first kappa shape index (κ1) is 11.4. The van der Waals surface area contributed by atoms with Gasteiger partial charge in [-0.05, 0) is 12.5 Å². The Morgan fingerprint density at radius 1 is 1.58 bits per heavy atom. The van der Waals surface area contributed by atoms with Gasteiger partial charge in [-0.1, -0.05) is 6.58 Å². The van der Waals surface area contributed by atoms with Gasteiger partial charge in [0.05, 0.1) is 12.7 Å². The summed E-state index contributed by atoms with van der Waals surface area (Å²) in [5.41, 5.74) is 0.386. The molecule has 0 fully saturated rings. The molecule has 72 valence electrons. The summed E-state index contributed by atoms with van der Waals surface area (Å²) in [7, 11) is 0. The van der Waals surface area contributed by atoms with Crippen LogP contribution in [0.1, 0.15) is 6.92 Å². The summed E-state index contributed by atoms with van der Waals surface area (Å²) in [6.45, 7) is 3.17. The van der Waals surface area contributed by atoms with Gasteiger partial charge >= 0.3 is 6.18 Å². The molecule has 0 rings (SSSR count). The van der Waals surface area contributed by atoms with Crippen LogP contribution < -0.4 is 0 Å². The molecule has 2 nitrogen and oxygen atoms in total. The van der Waals surface area contributed by atoms with E-state index in [9.17, 15) is 13.2 Å². The maximum absolute atomic E-state index is 11.5. The molecule has 0 bridgehead atoms. The van der Waals surface area contributed by atoms with E-state index in [4.69, 9.17) is 5.11 Å². The van der Waals surface area contributed by atoms with Crippen LogP contribution in [0.4, 0.5) is 13.2 Å². The van der Waals surface area contributed by atoms with Gasteiger partial charge in [-0.25, -0.2) is 0 Å². The third-order valence-corrected chi connectivity index (χ3v) is 1.11. The van der Waals surface area contributed by atoms with Crippen molar-refractivity contribution in [3.05, 3.63) is 12.2 Å². The molecule has 0 aliphatic rings. The Hall–Kier alpha value is -0.550. The highest BCUT2D eigenvalue weighted by atomic mass is 19.4. The van der Waals surface area contributed by atoms with Crippen LogP contribution in [0.5, 0.6) is 0 Å². The van der Waals surface area contributed by atoms with E-state index in [-0.39, 0.29) is 6.61 Å². The molecule has 0 aromatic heterocycles. The van der Waals surface area contributed by atoms with Crippen LogP contribution in [0, 0.1) is 0 Å². The highest BCUT2D eigenvalue weighted by Crippen LogP contribution is 2.14. The molecule has 0 amide bonds. The van der Waals surface area contributed by atoms with Crippen molar-refractivity contribution in [2.45, 2.75) is 19.2 Å². The van der Waals surface area contributed by atoms with Crippen molar-refractivity contribution < 1.29 is 23.0 Å². The summed E-state index contributed by atoms with van der Waals surface area (Å²) < 4.78 is 38.6. The summed E-state index contributed by atoms with van der Waals surface area (Å²) in [5.74, 6) is 0. The van der Waals surface area contributed by atoms with Gasteiger partial charge in [0.25, 0.3) is 0 Å². The number of aliphatic hydroxyl groups excluding tert-OH is 1. The van der Waals surface area contributed by atoms with E-state index in [0.717, 1.165) is 0 Å². The number of hydrogen-bond acceptors (Lipinski definition) is 2. The van der Waals surface area contributed by atoms with Crippen LogP contribution in [0.2, 0.25) is 0 Å². The number of aliphatic hydroxyl groups is 1. The van der Waals surface area contributed by atoms with Crippen LogP contribution in [-0.4, -0.2) is 30.6 Å². The summed E-state index contributed by atoms with van der Waals surface area (Å²) >= 11 is 0. The second-order valence-electron chi connectivity index (χ2n) is 2.49. The van der Waals surface area contributed by atoms with Gasteiger partial charge in [-0.3, -0.25) is 0 Å². The standard InChI is InChI=1S/C7H11F3O2/c1-5(2)6(11)3-12-4-7(8,9)10/h6,11H,1,3-4H2,2H3. The van der Waals surface area contributed by atoms with Crippen molar-refractivity contribution >= 4 is 0 Å². The maximum Gasteiger partial charge on any atom is 0.411 e. The van der Waals surface area contributed by atoms with Gasteiger partial charge in [0.2, 0.25) is 0 Å². The lowest BCUT2D eigenvalue weighted by atomic mass is 10.2. The van der Waals surface area contributed by atoms with Crippen LogP contribution in [0.15, 0.2) is 12.2 Å². The molecule has 1 N–H and O–H groups in total. The fraction of sp³-hybridized carbons (Fsp3) is 0.714. The second-order valence-corrected chi connectivity index (χ2v) is 2.49. The first-order chi connectivity index (χ1) is 5.33. The smallest absolute Gasteiger partial charge is 0.386 e. The molecule has 12 heavy (non-hydrogen) atoms. The van der Waals surface area contributed by atoms with Crippen molar-refractivity contribution in [3.8, 4) is 0 Å². The van der Waals surface area contributed by atoms with E-state index in [1.165, 1.54) is 6.92 Å². The fourth-order valence-electron chi connectivity index (χ4n) is 0.429. The minimum Gasteiger partial charge on any atom is -0.386 e. The summed E-state index contributed by atoms with van der Waals surface area (Å²) in [5, 5.41) is 8.93. The van der Waals surface area contributed by atoms with E-state index in [1.807, 2.05) is 0 Å². The first-order valence-electron chi connectivity index (χ1n) is 3.31. The molecule has 1 unspecified atom stereocenters. The van der Waals surface area contributed by atoms with Gasteiger partial charge in [-0.2, -0.15) is 13.2 Å². The largest absolute Gasteiger partial charge is 0.411 e. The predicted molar refractivity (Wildman–Crippen MR) is 37.7 cm³/mol. The van der Waals surface area contributed by atoms with Crippen molar-refractivity contribution in [1.82, 2.24) is 0 Å². The van der Waals surface area contributed by atoms with E-state index < -0.39 is 18.9 Å². The van der Waals surface area contributed by atoms with Crippen LogP contribution in [0.25, 0.3) is 0 Å². The summed E-state index contributed by atoms with van der Waals surface area (Å²) in [4.78, 5) is 0. The first-order valence-corrected chi connectivity index (χ1v) is 3.31. The fourth-order valence-corrected chi connectivity index (χ4v) is 0.429. The second kappa shape index (κ2) is 4.47. The Bertz CT molecular complexity index is 153. The predicted octanol–water partition coefficient (Wildman–Crippen LogP) is 1.50. The van der Waals surface area contributed by atoms with E-state index in [2.05, 4.69) is 11.3 Å². The topological polar surface area (TPSA) is 29.5 Å². The van der Waals surface area contributed by atoms with Gasteiger partial charge in [0.15, 0.2) is 0 Å². The summed E-state index contributed by atoms with van der Waals surface area (Å²) in [6.07, 6.45) is -5.36. The van der Waals surface area contributed by atoms with Crippen molar-refractivity contribution in [1.29, 1.82) is 0 Å². The Labute approximate surface area is 68.6 Å². The number of ether oxygens (including phenoxy) is 1. The van der Waals surface area contributed by atoms with Gasteiger partial charge in [0, 0.05) is 0 Å². The minimum atomic E-state index is -4.34. The molecule has 0 aromatic rings. The number of halogens is 3. The third-order valence-electron chi connectivity index (χ3n) is 1.11. The number of rotatable bonds is 4.